The number of hydrogen-bond acceptors (Lipinski definition) is 2. The molecule has 1 aliphatic carbocycles. The maximum Gasteiger partial charge on any atom is 0.141 e. The minimum Gasteiger partial charge on any atom is -0.496 e. The first-order chi connectivity index (χ1) is 9.60. The molecular weight excluding hydrogens is 321 g/mol. The van der Waals surface area contributed by atoms with Gasteiger partial charge in [0, 0.05) is 12.1 Å². The van der Waals surface area contributed by atoms with E-state index in [4.69, 9.17) is 4.74 Å². The van der Waals surface area contributed by atoms with Gasteiger partial charge in [-0.15, -0.1) is 0 Å². The van der Waals surface area contributed by atoms with Crippen LogP contribution in [0.2, 0.25) is 0 Å². The van der Waals surface area contributed by atoms with Crippen molar-refractivity contribution in [1.29, 1.82) is 0 Å². The zero-order valence-corrected chi connectivity index (χ0v) is 13.8. The number of methoxy groups -OCH3 is 1. The normalized spacial score (nSPS) is 16.2. The van der Waals surface area contributed by atoms with Gasteiger partial charge in [-0.2, -0.15) is 0 Å². The molecule has 1 saturated carbocycles. The highest BCUT2D eigenvalue weighted by Gasteiger charge is 2.20. The Morgan fingerprint density at radius 2 is 2.15 bits per heavy atom. The Bertz CT molecular complexity index is 448. The Morgan fingerprint density at radius 1 is 1.40 bits per heavy atom. The van der Waals surface area contributed by atoms with E-state index >= 15 is 0 Å². The maximum atomic E-state index is 13.5. The molecule has 0 saturated heterocycles. The number of aryl methyl sites for hydroxylation is 1. The number of ether oxygens (including phenoxy) is 1. The van der Waals surface area contributed by atoms with Crippen molar-refractivity contribution in [1.82, 2.24) is 5.32 Å². The van der Waals surface area contributed by atoms with Crippen molar-refractivity contribution >= 4 is 15.9 Å². The summed E-state index contributed by atoms with van der Waals surface area (Å²) in [5, 5.41) is 3.54. The third kappa shape index (κ3) is 4.74. The van der Waals surface area contributed by atoms with E-state index in [1.54, 1.807) is 7.11 Å². The van der Waals surface area contributed by atoms with Crippen molar-refractivity contribution < 1.29 is 9.13 Å². The highest BCUT2D eigenvalue weighted by molar-refractivity contribution is 9.10. The molecule has 2 rings (SSSR count). The molecular formula is C16H23BrFNO. The number of hydrogen-bond donors (Lipinski definition) is 1. The molecule has 20 heavy (non-hydrogen) atoms. The van der Waals surface area contributed by atoms with Crippen LogP contribution in [0.15, 0.2) is 16.6 Å². The molecule has 0 heterocycles. The van der Waals surface area contributed by atoms with Crippen molar-refractivity contribution in [3.05, 3.63) is 28.0 Å². The van der Waals surface area contributed by atoms with E-state index in [-0.39, 0.29) is 5.82 Å². The molecule has 4 heteroatoms. The fourth-order valence-corrected chi connectivity index (χ4v) is 2.71. The van der Waals surface area contributed by atoms with Gasteiger partial charge in [0.15, 0.2) is 0 Å². The quantitative estimate of drug-likeness (QED) is 0.759. The fraction of sp³-hybridized carbons (Fsp3) is 0.625. The standard InChI is InChI=1S/C16H23BrFNO/c1-11(7-8-19-13-5-6-13)3-4-12-9-14(17)15(18)10-16(12)20-2/h9-11,13,19H,3-8H2,1-2H3. The van der Waals surface area contributed by atoms with Gasteiger partial charge in [-0.25, -0.2) is 4.39 Å². The van der Waals surface area contributed by atoms with Gasteiger partial charge in [0.25, 0.3) is 0 Å². The summed E-state index contributed by atoms with van der Waals surface area (Å²) in [6, 6.07) is 4.08. The Balaban J connectivity index is 1.80. The van der Waals surface area contributed by atoms with E-state index in [9.17, 15) is 4.39 Å². The van der Waals surface area contributed by atoms with E-state index in [1.807, 2.05) is 6.07 Å². The van der Waals surface area contributed by atoms with Gasteiger partial charge in [-0.3, -0.25) is 0 Å². The zero-order chi connectivity index (χ0) is 14.5. The van der Waals surface area contributed by atoms with Crippen molar-refractivity contribution in [3.63, 3.8) is 0 Å². The molecule has 0 aromatic heterocycles. The van der Waals surface area contributed by atoms with E-state index in [0.29, 0.717) is 16.1 Å². The SMILES string of the molecule is COc1cc(F)c(Br)cc1CCC(C)CCNC1CC1. The first kappa shape index (κ1) is 15.8. The van der Waals surface area contributed by atoms with Crippen LogP contribution in [-0.4, -0.2) is 19.7 Å². The molecule has 1 aromatic carbocycles. The minimum atomic E-state index is -0.271. The number of halogens is 2. The van der Waals surface area contributed by atoms with Crippen LogP contribution in [-0.2, 0) is 6.42 Å². The Hall–Kier alpha value is -0.610. The van der Waals surface area contributed by atoms with Gasteiger partial charge in [0.1, 0.15) is 11.6 Å². The second kappa shape index (κ2) is 7.41. The molecule has 2 nitrogen and oxygen atoms in total. The highest BCUT2D eigenvalue weighted by atomic mass is 79.9. The summed E-state index contributed by atoms with van der Waals surface area (Å²) in [6.07, 6.45) is 5.90. The van der Waals surface area contributed by atoms with Gasteiger partial charge in [-0.1, -0.05) is 6.92 Å². The number of nitrogens with one attached hydrogen (secondary N) is 1. The van der Waals surface area contributed by atoms with Crippen LogP contribution < -0.4 is 10.1 Å². The largest absolute Gasteiger partial charge is 0.496 e. The van der Waals surface area contributed by atoms with E-state index in [2.05, 4.69) is 28.2 Å². The Labute approximate surface area is 129 Å². The molecule has 1 aliphatic rings. The third-order valence-corrected chi connectivity index (χ3v) is 4.49. The lowest BCUT2D eigenvalue weighted by atomic mass is 9.97. The minimum absolute atomic E-state index is 0.271. The maximum absolute atomic E-state index is 13.5. The molecule has 1 N–H and O–H groups in total. The van der Waals surface area contributed by atoms with Gasteiger partial charge in [0.2, 0.25) is 0 Å². The van der Waals surface area contributed by atoms with Gasteiger partial charge >= 0.3 is 0 Å². The van der Waals surface area contributed by atoms with Gasteiger partial charge < -0.3 is 10.1 Å². The average molecular weight is 344 g/mol. The second-order valence-corrected chi connectivity index (χ2v) is 6.59. The molecule has 1 aromatic rings. The second-order valence-electron chi connectivity index (χ2n) is 5.74. The molecule has 112 valence electrons. The van der Waals surface area contributed by atoms with Crippen molar-refractivity contribution in [2.45, 2.75) is 45.1 Å². The van der Waals surface area contributed by atoms with Crippen LogP contribution in [0.4, 0.5) is 4.39 Å². The molecule has 1 unspecified atom stereocenters. The summed E-state index contributed by atoms with van der Waals surface area (Å²) in [6.45, 7) is 3.38. The molecule has 0 spiro atoms. The van der Waals surface area contributed by atoms with Crippen LogP contribution >= 0.6 is 15.9 Å². The molecule has 1 fully saturated rings. The van der Waals surface area contributed by atoms with Crippen molar-refractivity contribution in [2.24, 2.45) is 5.92 Å². The summed E-state index contributed by atoms with van der Waals surface area (Å²) in [5.74, 6) is 1.04. The Kier molecular flexibility index (Phi) is 5.85. The summed E-state index contributed by atoms with van der Waals surface area (Å²) in [5.41, 5.74) is 1.07. The van der Waals surface area contributed by atoms with Crippen LogP contribution in [0.3, 0.4) is 0 Å². The highest BCUT2D eigenvalue weighted by Crippen LogP contribution is 2.28. The summed E-state index contributed by atoms with van der Waals surface area (Å²) >= 11 is 3.24. The lowest BCUT2D eigenvalue weighted by Crippen LogP contribution is -2.19. The lowest BCUT2D eigenvalue weighted by Gasteiger charge is -2.14. The number of rotatable bonds is 8. The molecule has 1 atom stereocenters. The van der Waals surface area contributed by atoms with E-state index in [0.717, 1.165) is 31.0 Å². The van der Waals surface area contributed by atoms with Crippen LogP contribution in [0.25, 0.3) is 0 Å². The first-order valence-electron chi connectivity index (χ1n) is 7.35. The summed E-state index contributed by atoms with van der Waals surface area (Å²) < 4.78 is 19.2. The van der Waals surface area contributed by atoms with Crippen LogP contribution in [0.1, 0.15) is 38.2 Å². The topological polar surface area (TPSA) is 21.3 Å². The molecule has 0 aliphatic heterocycles. The van der Waals surface area contributed by atoms with Crippen molar-refractivity contribution in [3.8, 4) is 5.75 Å². The lowest BCUT2D eigenvalue weighted by molar-refractivity contribution is 0.401. The summed E-state index contributed by atoms with van der Waals surface area (Å²) in [7, 11) is 1.59. The fourth-order valence-electron chi connectivity index (χ4n) is 2.32. The van der Waals surface area contributed by atoms with Crippen LogP contribution in [0, 0.1) is 11.7 Å². The predicted molar refractivity (Wildman–Crippen MR) is 83.8 cm³/mol. The Morgan fingerprint density at radius 3 is 2.80 bits per heavy atom. The van der Waals surface area contributed by atoms with E-state index < -0.39 is 0 Å². The van der Waals surface area contributed by atoms with Crippen LogP contribution in [0.5, 0.6) is 5.75 Å². The van der Waals surface area contributed by atoms with Gasteiger partial charge in [0.05, 0.1) is 11.6 Å². The monoisotopic (exact) mass is 343 g/mol. The zero-order valence-electron chi connectivity index (χ0n) is 12.2. The van der Waals surface area contributed by atoms with Crippen molar-refractivity contribution in [2.75, 3.05) is 13.7 Å². The molecule has 0 amide bonds. The molecule has 0 radical (unpaired) electrons. The first-order valence-corrected chi connectivity index (χ1v) is 8.14. The third-order valence-electron chi connectivity index (χ3n) is 3.88. The van der Waals surface area contributed by atoms with Gasteiger partial charge in [-0.05, 0) is 72.1 Å². The average Bonchev–Trinajstić information content (AvgIpc) is 3.23. The predicted octanol–water partition coefficient (Wildman–Crippen LogP) is 4.31. The number of benzene rings is 1. The summed E-state index contributed by atoms with van der Waals surface area (Å²) in [4.78, 5) is 0. The smallest absolute Gasteiger partial charge is 0.141 e. The molecule has 0 bridgehead atoms. The van der Waals surface area contributed by atoms with E-state index in [1.165, 1.54) is 25.3 Å².